The van der Waals surface area contributed by atoms with Crippen molar-refractivity contribution in [1.82, 2.24) is 19.6 Å². The number of amides is 1. The fourth-order valence-electron chi connectivity index (χ4n) is 2.45. The van der Waals surface area contributed by atoms with Crippen molar-refractivity contribution < 1.29 is 13.6 Å². The molecule has 0 radical (unpaired) electrons. The van der Waals surface area contributed by atoms with Crippen LogP contribution in [0.2, 0.25) is 0 Å². The molecule has 0 unspecified atom stereocenters. The van der Waals surface area contributed by atoms with Crippen molar-refractivity contribution in [3.8, 4) is 5.69 Å². The minimum absolute atomic E-state index is 0.183. The van der Waals surface area contributed by atoms with Crippen LogP contribution >= 0.6 is 0 Å². The number of rotatable bonds is 4. The van der Waals surface area contributed by atoms with E-state index in [2.05, 4.69) is 15.6 Å². The maximum Gasteiger partial charge on any atom is 0.268 e. The number of benzene rings is 1. The van der Waals surface area contributed by atoms with Crippen LogP contribution in [0.25, 0.3) is 5.69 Å². The predicted molar refractivity (Wildman–Crippen MR) is 90.3 cm³/mol. The molecule has 0 spiro atoms. The molecule has 9 heteroatoms. The number of carbonyl (C=O) groups is 1. The van der Waals surface area contributed by atoms with E-state index in [1.165, 1.54) is 23.1 Å². The first-order valence-corrected chi connectivity index (χ1v) is 7.80. The van der Waals surface area contributed by atoms with Gasteiger partial charge in [0.1, 0.15) is 17.2 Å². The molecule has 26 heavy (non-hydrogen) atoms. The van der Waals surface area contributed by atoms with Crippen LogP contribution < -0.4 is 10.9 Å². The summed E-state index contributed by atoms with van der Waals surface area (Å²) in [6, 6.07) is 4.23. The number of hydrogen-bond acceptors (Lipinski definition) is 4. The topological polar surface area (TPSA) is 81.8 Å². The lowest BCUT2D eigenvalue weighted by atomic mass is 10.1. The van der Waals surface area contributed by atoms with Crippen LogP contribution in [0.1, 0.15) is 22.8 Å². The van der Waals surface area contributed by atoms with Crippen LogP contribution in [0.15, 0.2) is 41.5 Å². The second-order valence-corrected chi connectivity index (χ2v) is 5.56. The Morgan fingerprint density at radius 3 is 2.73 bits per heavy atom. The molecule has 134 valence electrons. The summed E-state index contributed by atoms with van der Waals surface area (Å²) in [4.78, 5) is 25.2. The lowest BCUT2D eigenvalue weighted by Crippen LogP contribution is -2.30. The largest absolute Gasteiger partial charge is 0.304 e. The maximum atomic E-state index is 14.0. The Hall–Kier alpha value is -3.36. The predicted octanol–water partition coefficient (Wildman–Crippen LogP) is 2.29. The quantitative estimate of drug-likeness (QED) is 0.775. The van der Waals surface area contributed by atoms with Crippen LogP contribution in [0.4, 0.5) is 14.6 Å². The minimum atomic E-state index is -0.783. The van der Waals surface area contributed by atoms with Crippen LogP contribution in [0.5, 0.6) is 0 Å². The van der Waals surface area contributed by atoms with Gasteiger partial charge in [-0.25, -0.2) is 8.78 Å². The zero-order valence-corrected chi connectivity index (χ0v) is 14.0. The zero-order valence-electron chi connectivity index (χ0n) is 14.0. The molecule has 2 aromatic heterocycles. The van der Waals surface area contributed by atoms with E-state index in [1.807, 2.05) is 6.92 Å². The van der Waals surface area contributed by atoms with Crippen molar-refractivity contribution in [1.29, 1.82) is 0 Å². The molecular formula is C17H15F2N5O2. The van der Waals surface area contributed by atoms with Crippen molar-refractivity contribution in [3.63, 3.8) is 0 Å². The Kier molecular flexibility index (Phi) is 4.61. The van der Waals surface area contributed by atoms with E-state index >= 15 is 0 Å². The molecule has 7 nitrogen and oxygen atoms in total. The summed E-state index contributed by atoms with van der Waals surface area (Å²) in [7, 11) is 0. The number of nitrogens with zero attached hydrogens (tertiary/aromatic N) is 4. The highest BCUT2D eigenvalue weighted by Crippen LogP contribution is 2.15. The Morgan fingerprint density at radius 2 is 2.04 bits per heavy atom. The van der Waals surface area contributed by atoms with Gasteiger partial charge < -0.3 is 5.32 Å². The van der Waals surface area contributed by atoms with Gasteiger partial charge in [0.25, 0.3) is 11.5 Å². The fraction of sp³-hybridized carbons (Fsp3) is 0.176. The van der Waals surface area contributed by atoms with Crippen molar-refractivity contribution >= 4 is 11.7 Å². The Bertz CT molecular complexity index is 1040. The fourth-order valence-corrected chi connectivity index (χ4v) is 2.45. The van der Waals surface area contributed by atoms with Gasteiger partial charge in [0.2, 0.25) is 0 Å². The van der Waals surface area contributed by atoms with Gasteiger partial charge in [-0.05, 0) is 37.6 Å². The van der Waals surface area contributed by atoms with Crippen LogP contribution in [0.3, 0.4) is 0 Å². The van der Waals surface area contributed by atoms with Crippen molar-refractivity contribution in [3.05, 3.63) is 69.8 Å². The molecule has 3 rings (SSSR count). The molecule has 3 aromatic rings. The summed E-state index contributed by atoms with van der Waals surface area (Å²) < 4.78 is 29.9. The summed E-state index contributed by atoms with van der Waals surface area (Å²) in [6.45, 7) is 4.00. The van der Waals surface area contributed by atoms with Gasteiger partial charge in [-0.3, -0.25) is 18.8 Å². The monoisotopic (exact) mass is 359 g/mol. The Morgan fingerprint density at radius 1 is 1.27 bits per heavy atom. The molecule has 0 bridgehead atoms. The third kappa shape index (κ3) is 3.23. The van der Waals surface area contributed by atoms with E-state index in [4.69, 9.17) is 0 Å². The minimum Gasteiger partial charge on any atom is -0.304 e. The van der Waals surface area contributed by atoms with E-state index in [-0.39, 0.29) is 17.1 Å². The number of aryl methyl sites for hydroxylation is 2. The summed E-state index contributed by atoms with van der Waals surface area (Å²) in [5, 5.41) is 10.1. The molecule has 0 aliphatic carbocycles. The average Bonchev–Trinajstić information content (AvgIpc) is 3.05. The summed E-state index contributed by atoms with van der Waals surface area (Å²) in [5.74, 6) is -2.00. The van der Waals surface area contributed by atoms with E-state index in [1.54, 1.807) is 6.92 Å². The van der Waals surface area contributed by atoms with Gasteiger partial charge in [0.05, 0.1) is 11.9 Å². The van der Waals surface area contributed by atoms with E-state index in [0.29, 0.717) is 12.1 Å². The standard InChI is InChI=1S/C17H15F2N5O2/c1-3-23-9-14(21-22-23)20-16(25)15-10(2)6-7-24(17(15)26)13-8-11(18)4-5-12(13)19/h4-9H,3H2,1-2H3,(H,20,25). The number of pyridine rings is 1. The SMILES string of the molecule is CCn1cc(NC(=O)c2c(C)ccn(-c3cc(F)ccc3F)c2=O)nn1. The van der Waals surface area contributed by atoms with Gasteiger partial charge in [0.15, 0.2) is 5.82 Å². The molecule has 2 heterocycles. The summed E-state index contributed by atoms with van der Waals surface area (Å²) in [6.07, 6.45) is 2.81. The van der Waals surface area contributed by atoms with Gasteiger partial charge >= 0.3 is 0 Å². The number of carbonyl (C=O) groups excluding carboxylic acids is 1. The van der Waals surface area contributed by atoms with Crippen molar-refractivity contribution in [2.75, 3.05) is 5.32 Å². The molecule has 1 aromatic carbocycles. The van der Waals surface area contributed by atoms with Gasteiger partial charge in [-0.2, -0.15) is 0 Å². The maximum absolute atomic E-state index is 14.0. The highest BCUT2D eigenvalue weighted by atomic mass is 19.1. The van der Waals surface area contributed by atoms with Crippen LogP contribution in [0, 0.1) is 18.6 Å². The molecule has 0 fully saturated rings. The molecule has 0 aliphatic rings. The van der Waals surface area contributed by atoms with E-state index in [9.17, 15) is 18.4 Å². The smallest absolute Gasteiger partial charge is 0.268 e. The molecule has 1 amide bonds. The second-order valence-electron chi connectivity index (χ2n) is 5.56. The Labute approximate surface area is 146 Å². The van der Waals surface area contributed by atoms with Crippen molar-refractivity contribution in [2.45, 2.75) is 20.4 Å². The number of aromatic nitrogens is 4. The zero-order chi connectivity index (χ0) is 18.8. The van der Waals surface area contributed by atoms with Crippen LogP contribution in [-0.2, 0) is 6.54 Å². The summed E-state index contributed by atoms with van der Waals surface area (Å²) >= 11 is 0. The number of anilines is 1. The molecule has 0 saturated heterocycles. The van der Waals surface area contributed by atoms with E-state index < -0.39 is 23.1 Å². The molecule has 0 saturated carbocycles. The lowest BCUT2D eigenvalue weighted by molar-refractivity contribution is 0.102. The normalized spacial score (nSPS) is 10.8. The van der Waals surface area contributed by atoms with Crippen LogP contribution in [-0.4, -0.2) is 25.5 Å². The molecule has 0 atom stereocenters. The number of halogens is 2. The first kappa shape index (κ1) is 17.5. The molecule has 0 aliphatic heterocycles. The third-order valence-corrected chi connectivity index (χ3v) is 3.80. The molecule has 1 N–H and O–H groups in total. The number of hydrogen-bond donors (Lipinski definition) is 1. The van der Waals surface area contributed by atoms with Gasteiger partial charge in [-0.15, -0.1) is 5.10 Å². The van der Waals surface area contributed by atoms with Gasteiger partial charge in [-0.1, -0.05) is 5.21 Å². The summed E-state index contributed by atoms with van der Waals surface area (Å²) in [5.41, 5.74) is -0.846. The lowest BCUT2D eigenvalue weighted by Gasteiger charge is -2.11. The van der Waals surface area contributed by atoms with Crippen molar-refractivity contribution in [2.24, 2.45) is 0 Å². The van der Waals surface area contributed by atoms with Gasteiger partial charge in [0, 0.05) is 18.8 Å². The van der Waals surface area contributed by atoms with E-state index in [0.717, 1.165) is 22.8 Å². The Balaban J connectivity index is 2.03. The molecular weight excluding hydrogens is 344 g/mol. The highest BCUT2D eigenvalue weighted by molar-refractivity contribution is 6.04. The average molecular weight is 359 g/mol. The first-order chi connectivity index (χ1) is 12.4. The second kappa shape index (κ2) is 6.87. The third-order valence-electron chi connectivity index (χ3n) is 3.80. The highest BCUT2D eigenvalue weighted by Gasteiger charge is 2.19. The number of nitrogens with one attached hydrogen (secondary N) is 1. The first-order valence-electron chi connectivity index (χ1n) is 7.80.